The lowest BCUT2D eigenvalue weighted by Gasteiger charge is -2.33. The summed E-state index contributed by atoms with van der Waals surface area (Å²) in [6.07, 6.45) is 1.98. The predicted molar refractivity (Wildman–Crippen MR) is 175 cm³/mol. The third-order valence-corrected chi connectivity index (χ3v) is 9.52. The number of aromatic nitrogens is 3. The summed E-state index contributed by atoms with van der Waals surface area (Å²) >= 11 is 1.40. The lowest BCUT2D eigenvalue weighted by molar-refractivity contribution is -0.129. The number of amides is 2. The summed E-state index contributed by atoms with van der Waals surface area (Å²) < 4.78 is 44.3. The second-order valence-electron chi connectivity index (χ2n) is 11.5. The molecule has 2 aliphatic rings. The van der Waals surface area contributed by atoms with Crippen molar-refractivity contribution in [3.63, 3.8) is 0 Å². The lowest BCUT2D eigenvalue weighted by Crippen LogP contribution is -2.44. The van der Waals surface area contributed by atoms with E-state index in [0.717, 1.165) is 28.3 Å². The maximum atomic E-state index is 16.1. The van der Waals surface area contributed by atoms with Crippen molar-refractivity contribution in [2.75, 3.05) is 26.9 Å². The molecule has 3 aromatic heterocycles. The molecule has 0 saturated carbocycles. The molecule has 1 atom stereocenters. The Morgan fingerprint density at radius 2 is 2.00 bits per heavy atom. The zero-order valence-electron chi connectivity index (χ0n) is 25.8. The van der Waals surface area contributed by atoms with Gasteiger partial charge in [0.05, 0.1) is 36.6 Å². The fourth-order valence-corrected chi connectivity index (χ4v) is 7.28. The molecule has 7 rings (SSSR count). The Kier molecular flexibility index (Phi) is 8.06. The van der Waals surface area contributed by atoms with Crippen LogP contribution in [0.4, 0.5) is 8.78 Å². The Labute approximate surface area is 273 Å². The van der Waals surface area contributed by atoms with Gasteiger partial charge < -0.3 is 19.7 Å². The van der Waals surface area contributed by atoms with Crippen LogP contribution in [0.3, 0.4) is 0 Å². The number of pyridine rings is 1. The summed E-state index contributed by atoms with van der Waals surface area (Å²) in [5, 5.41) is 10.5. The quantitative estimate of drug-likeness (QED) is 0.163. The van der Waals surface area contributed by atoms with Crippen molar-refractivity contribution in [2.24, 2.45) is 0 Å². The monoisotopic (exact) mass is 655 g/mol. The molecular formula is C35H31F2N5O4S. The molecule has 2 aromatic carbocycles. The van der Waals surface area contributed by atoms with Crippen molar-refractivity contribution in [3.05, 3.63) is 89.0 Å². The molecule has 47 heavy (non-hydrogen) atoms. The molecule has 1 N–H and O–H groups in total. The van der Waals surface area contributed by atoms with E-state index in [-0.39, 0.29) is 42.4 Å². The smallest absolute Gasteiger partial charge is 0.251 e. The second-order valence-corrected chi connectivity index (χ2v) is 12.5. The van der Waals surface area contributed by atoms with Gasteiger partial charge in [-0.15, -0.1) is 11.3 Å². The molecule has 12 heteroatoms. The van der Waals surface area contributed by atoms with Gasteiger partial charge in [-0.1, -0.05) is 12.6 Å². The van der Waals surface area contributed by atoms with Crippen LogP contribution < -0.4 is 10.1 Å². The zero-order chi connectivity index (χ0) is 32.8. The van der Waals surface area contributed by atoms with E-state index in [4.69, 9.17) is 19.6 Å². The minimum Gasteiger partial charge on any atom is -0.490 e. The maximum Gasteiger partial charge on any atom is 0.251 e. The van der Waals surface area contributed by atoms with E-state index >= 15 is 4.39 Å². The van der Waals surface area contributed by atoms with Crippen LogP contribution in [0.25, 0.3) is 43.9 Å². The van der Waals surface area contributed by atoms with Gasteiger partial charge >= 0.3 is 0 Å². The molecular weight excluding hydrogens is 624 g/mol. The molecule has 0 aliphatic carbocycles. The normalized spacial score (nSPS) is 15.7. The van der Waals surface area contributed by atoms with Gasteiger partial charge in [-0.25, -0.2) is 13.8 Å². The predicted octanol–water partition coefficient (Wildman–Crippen LogP) is 6.00. The van der Waals surface area contributed by atoms with E-state index in [1.54, 1.807) is 11.0 Å². The number of fused-ring (bicyclic) bond motifs is 3. The van der Waals surface area contributed by atoms with Crippen LogP contribution in [0, 0.1) is 11.6 Å². The molecule has 5 heterocycles. The number of ether oxygens (including phenoxy) is 2. The molecule has 5 aromatic rings. The van der Waals surface area contributed by atoms with Gasteiger partial charge in [0.1, 0.15) is 35.4 Å². The average Bonchev–Trinajstić information content (AvgIpc) is 3.71. The Morgan fingerprint density at radius 3 is 2.81 bits per heavy atom. The highest BCUT2D eigenvalue weighted by atomic mass is 32.1. The van der Waals surface area contributed by atoms with Crippen molar-refractivity contribution in [1.82, 2.24) is 25.0 Å². The molecule has 0 unspecified atom stereocenters. The van der Waals surface area contributed by atoms with Crippen molar-refractivity contribution < 1.29 is 27.8 Å². The highest BCUT2D eigenvalue weighted by Crippen LogP contribution is 2.47. The van der Waals surface area contributed by atoms with E-state index < -0.39 is 11.6 Å². The fraction of sp³-hybridized carbons (Fsp3) is 0.257. The fourth-order valence-electron chi connectivity index (χ4n) is 6.33. The standard InChI is InChI=1S/C35H31F2N5O4S/c1-4-29(43)41-18-23-16-27(40-42(23)17-19(41)2)33-31(30-26(37)14-22(36)15-28(30)46-11-10-45-3)34-25(8-12-47-34)32(39-33)21-5-6-24-20(13-21)7-9-38-35(24)44/h4-6,8,12-16,19H,1,7,9-11,17-18H2,2-3H3,(H,38,44)/t19-/m1/s1. The van der Waals surface area contributed by atoms with Gasteiger partial charge in [0.25, 0.3) is 5.91 Å². The van der Waals surface area contributed by atoms with Gasteiger partial charge in [0.15, 0.2) is 0 Å². The molecule has 0 saturated heterocycles. The molecule has 2 aliphatic heterocycles. The number of halogens is 2. The number of hydrogen-bond donors (Lipinski definition) is 1. The van der Waals surface area contributed by atoms with Gasteiger partial charge in [-0.2, -0.15) is 5.10 Å². The van der Waals surface area contributed by atoms with Crippen molar-refractivity contribution >= 4 is 33.2 Å². The maximum absolute atomic E-state index is 16.1. The van der Waals surface area contributed by atoms with Crippen molar-refractivity contribution in [3.8, 4) is 39.5 Å². The number of hydrogen-bond acceptors (Lipinski definition) is 7. The Morgan fingerprint density at radius 1 is 1.15 bits per heavy atom. The van der Waals surface area contributed by atoms with E-state index in [2.05, 4.69) is 11.9 Å². The van der Waals surface area contributed by atoms with Gasteiger partial charge in [0.2, 0.25) is 5.91 Å². The van der Waals surface area contributed by atoms with Gasteiger partial charge in [-0.05, 0) is 54.6 Å². The Hall–Kier alpha value is -4.94. The number of nitrogens with one attached hydrogen (secondary N) is 1. The van der Waals surface area contributed by atoms with Crippen LogP contribution >= 0.6 is 11.3 Å². The van der Waals surface area contributed by atoms with Crippen LogP contribution in [0.5, 0.6) is 5.75 Å². The molecule has 2 amide bonds. The zero-order valence-corrected chi connectivity index (χ0v) is 26.6. The summed E-state index contributed by atoms with van der Waals surface area (Å²) in [5.74, 6) is -1.85. The minimum absolute atomic E-state index is 0.0187. The SMILES string of the molecule is C=CC(=O)N1Cc2cc(-c3nc(-c4ccc5c(c4)CCNC5=O)c4ccsc4c3-c3c(F)cc(F)cc3OCCOC)nn2C[C@H]1C. The highest BCUT2D eigenvalue weighted by molar-refractivity contribution is 7.18. The van der Waals surface area contributed by atoms with E-state index in [1.807, 2.05) is 41.3 Å². The Bertz CT molecular complexity index is 2070. The van der Waals surface area contributed by atoms with Crippen molar-refractivity contribution in [2.45, 2.75) is 32.5 Å². The van der Waals surface area contributed by atoms with Crippen LogP contribution in [-0.2, 0) is 29.0 Å². The second kappa shape index (κ2) is 12.3. The summed E-state index contributed by atoms with van der Waals surface area (Å²) in [6.45, 7) is 7.18. The number of carbonyl (C=O) groups is 2. The number of carbonyl (C=O) groups excluding carboxylic acids is 2. The first-order chi connectivity index (χ1) is 22.8. The molecule has 0 radical (unpaired) electrons. The van der Waals surface area contributed by atoms with Crippen LogP contribution in [-0.4, -0.2) is 64.4 Å². The number of benzene rings is 2. The topological polar surface area (TPSA) is 98.6 Å². The average molecular weight is 656 g/mol. The first-order valence-electron chi connectivity index (χ1n) is 15.2. The van der Waals surface area contributed by atoms with Crippen LogP contribution in [0.15, 0.2) is 60.5 Å². The Balaban J connectivity index is 1.48. The van der Waals surface area contributed by atoms with Gasteiger partial charge in [0, 0.05) is 58.6 Å². The number of rotatable bonds is 8. The summed E-state index contributed by atoms with van der Waals surface area (Å²) in [7, 11) is 1.52. The van der Waals surface area contributed by atoms with E-state index in [1.165, 1.54) is 30.6 Å². The summed E-state index contributed by atoms with van der Waals surface area (Å²) in [6, 6.07) is 11.3. The third kappa shape index (κ3) is 5.47. The summed E-state index contributed by atoms with van der Waals surface area (Å²) in [5.41, 5.74) is 5.09. The number of nitrogens with zero attached hydrogens (tertiary/aromatic N) is 4. The number of methoxy groups -OCH3 is 1. The number of thiophene rings is 1. The third-order valence-electron chi connectivity index (χ3n) is 8.59. The first-order valence-corrected chi connectivity index (χ1v) is 16.1. The molecule has 0 bridgehead atoms. The molecule has 9 nitrogen and oxygen atoms in total. The molecule has 0 fully saturated rings. The van der Waals surface area contributed by atoms with Crippen molar-refractivity contribution in [1.29, 1.82) is 0 Å². The summed E-state index contributed by atoms with van der Waals surface area (Å²) in [4.78, 5) is 32.0. The highest BCUT2D eigenvalue weighted by Gasteiger charge is 2.31. The first kappa shape index (κ1) is 30.7. The van der Waals surface area contributed by atoms with Crippen LogP contribution in [0.1, 0.15) is 28.5 Å². The largest absolute Gasteiger partial charge is 0.490 e. The lowest BCUT2D eigenvalue weighted by atomic mass is 9.93. The van der Waals surface area contributed by atoms with Gasteiger partial charge in [-0.3, -0.25) is 14.3 Å². The minimum atomic E-state index is -0.803. The van der Waals surface area contributed by atoms with E-state index in [9.17, 15) is 14.0 Å². The molecule has 240 valence electrons. The molecule has 0 spiro atoms. The van der Waals surface area contributed by atoms with Crippen LogP contribution in [0.2, 0.25) is 0 Å². The van der Waals surface area contributed by atoms with E-state index in [0.29, 0.717) is 59.0 Å².